The van der Waals surface area contributed by atoms with E-state index < -0.39 is 15.3 Å². The van der Waals surface area contributed by atoms with Gasteiger partial charge >= 0.3 is 0 Å². The van der Waals surface area contributed by atoms with Crippen molar-refractivity contribution in [1.29, 1.82) is 0 Å². The Kier molecular flexibility index (Phi) is 4.06. The molecule has 2 N–H and O–H groups in total. The second kappa shape index (κ2) is 4.91. The van der Waals surface area contributed by atoms with Crippen molar-refractivity contribution >= 4 is 26.5 Å². The number of nitrogens with one attached hydrogen (secondary N) is 2. The minimum atomic E-state index is -3.33. The van der Waals surface area contributed by atoms with Crippen molar-refractivity contribution in [1.82, 2.24) is 10.3 Å². The van der Waals surface area contributed by atoms with E-state index in [9.17, 15) is 8.42 Å². The van der Waals surface area contributed by atoms with E-state index in [0.717, 1.165) is 4.88 Å². The van der Waals surface area contributed by atoms with Crippen LogP contribution < -0.4 is 10.0 Å². The van der Waals surface area contributed by atoms with Gasteiger partial charge in [-0.25, -0.2) is 13.4 Å². The smallest absolute Gasteiger partial charge is 0.238 e. The van der Waals surface area contributed by atoms with E-state index in [-0.39, 0.29) is 0 Å². The molecule has 0 saturated heterocycles. The predicted molar refractivity (Wildman–Crippen MR) is 62.8 cm³/mol. The van der Waals surface area contributed by atoms with Gasteiger partial charge in [0.05, 0.1) is 5.25 Å². The normalized spacial score (nSPS) is 13.8. The third-order valence-electron chi connectivity index (χ3n) is 1.87. The van der Waals surface area contributed by atoms with Gasteiger partial charge in [-0.3, -0.25) is 4.72 Å². The summed E-state index contributed by atoms with van der Waals surface area (Å²) in [6, 6.07) is 0. The third kappa shape index (κ3) is 3.44. The van der Waals surface area contributed by atoms with Gasteiger partial charge in [-0.05, 0) is 20.9 Å². The van der Waals surface area contributed by atoms with Crippen LogP contribution in [0.4, 0.5) is 5.13 Å². The number of aromatic nitrogens is 1. The van der Waals surface area contributed by atoms with Gasteiger partial charge in [0.15, 0.2) is 5.13 Å². The monoisotopic (exact) mass is 249 g/mol. The van der Waals surface area contributed by atoms with Crippen LogP contribution in [0.5, 0.6) is 0 Å². The van der Waals surface area contributed by atoms with Crippen molar-refractivity contribution in [2.24, 2.45) is 0 Å². The van der Waals surface area contributed by atoms with Crippen LogP contribution in [0.2, 0.25) is 0 Å². The zero-order valence-electron chi connectivity index (χ0n) is 8.94. The van der Waals surface area contributed by atoms with Gasteiger partial charge in [-0.2, -0.15) is 0 Å². The predicted octanol–water partition coefficient (Wildman–Crippen LogP) is 0.801. The number of hydrogen-bond donors (Lipinski definition) is 2. The number of rotatable bonds is 5. The molecule has 86 valence electrons. The van der Waals surface area contributed by atoms with Gasteiger partial charge in [0.1, 0.15) is 0 Å². The van der Waals surface area contributed by atoms with Crippen molar-refractivity contribution in [2.75, 3.05) is 18.3 Å². The Labute approximate surface area is 94.0 Å². The molecule has 1 rings (SSSR count). The SMILES string of the molecule is CNCC(C)S(=O)(=O)Nc1ncc(C)s1. The maximum Gasteiger partial charge on any atom is 0.238 e. The number of hydrogen-bond acceptors (Lipinski definition) is 5. The van der Waals surface area contributed by atoms with Gasteiger partial charge < -0.3 is 5.32 Å². The van der Waals surface area contributed by atoms with Gasteiger partial charge in [0.2, 0.25) is 10.0 Å². The number of sulfonamides is 1. The van der Waals surface area contributed by atoms with Gasteiger partial charge in [0.25, 0.3) is 0 Å². The van der Waals surface area contributed by atoms with E-state index in [2.05, 4.69) is 15.0 Å². The minimum absolute atomic E-state index is 0.416. The molecule has 1 aromatic heterocycles. The Morgan fingerprint density at radius 3 is 2.73 bits per heavy atom. The Morgan fingerprint density at radius 1 is 1.60 bits per heavy atom. The van der Waals surface area contributed by atoms with Crippen molar-refractivity contribution < 1.29 is 8.42 Å². The molecule has 0 aromatic carbocycles. The summed E-state index contributed by atoms with van der Waals surface area (Å²) in [4.78, 5) is 4.93. The number of nitrogens with zero attached hydrogens (tertiary/aromatic N) is 1. The molecule has 7 heteroatoms. The van der Waals surface area contributed by atoms with Gasteiger partial charge in [-0.15, -0.1) is 11.3 Å². The van der Waals surface area contributed by atoms with Crippen LogP contribution in [-0.4, -0.2) is 32.2 Å². The molecule has 0 amide bonds. The lowest BCUT2D eigenvalue weighted by Gasteiger charge is -2.12. The first-order valence-corrected chi connectivity index (χ1v) is 6.90. The van der Waals surface area contributed by atoms with Crippen LogP contribution in [0.15, 0.2) is 6.20 Å². The Bertz CT molecular complexity index is 413. The number of anilines is 1. The molecule has 0 radical (unpaired) electrons. The second-order valence-electron chi connectivity index (χ2n) is 3.29. The van der Waals surface area contributed by atoms with Gasteiger partial charge in [-0.1, -0.05) is 0 Å². The fraction of sp³-hybridized carbons (Fsp3) is 0.625. The topological polar surface area (TPSA) is 71.1 Å². The molecule has 0 spiro atoms. The van der Waals surface area contributed by atoms with E-state index in [4.69, 9.17) is 0 Å². The highest BCUT2D eigenvalue weighted by Crippen LogP contribution is 2.18. The highest BCUT2D eigenvalue weighted by atomic mass is 32.2. The molecule has 1 aromatic rings. The van der Waals surface area contributed by atoms with Crippen LogP contribution >= 0.6 is 11.3 Å². The number of aryl methyl sites for hydroxylation is 1. The molecule has 0 fully saturated rings. The highest BCUT2D eigenvalue weighted by Gasteiger charge is 2.20. The van der Waals surface area contributed by atoms with Crippen LogP contribution in [0.1, 0.15) is 11.8 Å². The molecule has 0 aliphatic heterocycles. The first kappa shape index (κ1) is 12.4. The maximum absolute atomic E-state index is 11.7. The van der Waals surface area contributed by atoms with Crippen molar-refractivity contribution in [3.05, 3.63) is 11.1 Å². The van der Waals surface area contributed by atoms with E-state index in [0.29, 0.717) is 11.7 Å². The standard InChI is InChI=1S/C8H15N3O2S2/c1-6-4-10-8(14-6)11-15(12,13)7(2)5-9-3/h4,7,9H,5H2,1-3H3,(H,10,11). The van der Waals surface area contributed by atoms with E-state index in [1.807, 2.05) is 6.92 Å². The summed E-state index contributed by atoms with van der Waals surface area (Å²) < 4.78 is 25.9. The van der Waals surface area contributed by atoms with E-state index in [1.54, 1.807) is 20.2 Å². The first-order chi connectivity index (χ1) is 6.95. The molecule has 1 heterocycles. The van der Waals surface area contributed by atoms with Crippen LogP contribution in [-0.2, 0) is 10.0 Å². The van der Waals surface area contributed by atoms with E-state index >= 15 is 0 Å². The van der Waals surface area contributed by atoms with Crippen LogP contribution in [0.25, 0.3) is 0 Å². The average Bonchev–Trinajstić information content (AvgIpc) is 2.50. The molecule has 0 aliphatic rings. The minimum Gasteiger partial charge on any atom is -0.318 e. The van der Waals surface area contributed by atoms with Crippen molar-refractivity contribution in [2.45, 2.75) is 19.1 Å². The van der Waals surface area contributed by atoms with Crippen LogP contribution in [0, 0.1) is 6.92 Å². The first-order valence-electron chi connectivity index (χ1n) is 4.54. The Hall–Kier alpha value is -0.660. The fourth-order valence-corrected chi connectivity index (χ4v) is 2.94. The fourth-order valence-electron chi connectivity index (χ4n) is 1.02. The third-order valence-corrected chi connectivity index (χ3v) is 4.53. The second-order valence-corrected chi connectivity index (χ2v) is 6.63. The van der Waals surface area contributed by atoms with Gasteiger partial charge in [0, 0.05) is 17.6 Å². The molecular formula is C8H15N3O2S2. The quantitative estimate of drug-likeness (QED) is 0.810. The Morgan fingerprint density at radius 2 is 2.27 bits per heavy atom. The maximum atomic E-state index is 11.7. The zero-order valence-corrected chi connectivity index (χ0v) is 10.6. The highest BCUT2D eigenvalue weighted by molar-refractivity contribution is 7.93. The lowest BCUT2D eigenvalue weighted by molar-refractivity contribution is 0.583. The van der Waals surface area contributed by atoms with Crippen molar-refractivity contribution in [3.63, 3.8) is 0 Å². The summed E-state index contributed by atoms with van der Waals surface area (Å²) in [6.07, 6.45) is 1.64. The summed E-state index contributed by atoms with van der Waals surface area (Å²) in [5.74, 6) is 0. The molecule has 0 aliphatic carbocycles. The Balaban J connectivity index is 2.72. The largest absolute Gasteiger partial charge is 0.318 e. The van der Waals surface area contributed by atoms with E-state index in [1.165, 1.54) is 11.3 Å². The summed E-state index contributed by atoms with van der Waals surface area (Å²) in [5, 5.41) is 2.77. The molecular weight excluding hydrogens is 234 g/mol. The average molecular weight is 249 g/mol. The molecule has 0 bridgehead atoms. The summed E-state index contributed by atoms with van der Waals surface area (Å²) in [6.45, 7) is 3.95. The lowest BCUT2D eigenvalue weighted by Crippen LogP contribution is -2.33. The molecule has 5 nitrogen and oxygen atoms in total. The summed E-state index contributed by atoms with van der Waals surface area (Å²) >= 11 is 1.33. The molecule has 0 saturated carbocycles. The summed E-state index contributed by atoms with van der Waals surface area (Å²) in [7, 11) is -1.60. The van der Waals surface area contributed by atoms with Crippen LogP contribution in [0.3, 0.4) is 0 Å². The molecule has 15 heavy (non-hydrogen) atoms. The molecule has 1 atom stereocenters. The van der Waals surface area contributed by atoms with Crippen molar-refractivity contribution in [3.8, 4) is 0 Å². The summed E-state index contributed by atoms with van der Waals surface area (Å²) in [5.41, 5.74) is 0. The zero-order chi connectivity index (χ0) is 11.5. The lowest BCUT2D eigenvalue weighted by atomic mass is 10.5. The molecule has 1 unspecified atom stereocenters. The number of thiazole rings is 1.